The third kappa shape index (κ3) is 2.29. The molecule has 0 saturated heterocycles. The highest BCUT2D eigenvalue weighted by atomic mass is 35.5. The van der Waals surface area contributed by atoms with Crippen molar-refractivity contribution in [2.24, 2.45) is 0 Å². The van der Waals surface area contributed by atoms with Crippen LogP contribution < -0.4 is 4.73 Å². The second-order valence-electron chi connectivity index (χ2n) is 3.72. The highest BCUT2D eigenvalue weighted by Crippen LogP contribution is 2.10. The van der Waals surface area contributed by atoms with Gasteiger partial charge in [-0.15, -0.1) is 0 Å². The Hall–Kier alpha value is -1.87. The highest BCUT2D eigenvalue weighted by molar-refractivity contribution is 6.28. The normalized spacial score (nSPS) is 10.2. The van der Waals surface area contributed by atoms with Crippen molar-refractivity contribution in [2.45, 2.75) is 6.92 Å². The Balaban J connectivity index is 2.44. The van der Waals surface area contributed by atoms with Gasteiger partial charge in [-0.2, -0.15) is 4.73 Å². The average Bonchev–Trinajstić information content (AvgIpc) is 2.33. The molecule has 17 heavy (non-hydrogen) atoms. The Labute approximate surface area is 104 Å². The Morgan fingerprint density at radius 3 is 2.47 bits per heavy atom. The number of pyridine rings is 1. The fourth-order valence-electron chi connectivity index (χ4n) is 1.49. The van der Waals surface area contributed by atoms with Gasteiger partial charge in [-0.25, -0.2) is 0 Å². The maximum absolute atomic E-state index is 12.1. The van der Waals surface area contributed by atoms with Gasteiger partial charge in [0.05, 0.1) is 0 Å². The number of aryl methyl sites for hydroxylation is 1. The van der Waals surface area contributed by atoms with Crippen LogP contribution in [0, 0.1) is 12.1 Å². The van der Waals surface area contributed by atoms with E-state index in [1.165, 1.54) is 12.1 Å². The molecule has 0 fully saturated rings. The third-order valence-corrected chi connectivity index (χ3v) is 2.73. The fourth-order valence-corrected chi connectivity index (χ4v) is 1.65. The van der Waals surface area contributed by atoms with Gasteiger partial charge in [0.15, 0.2) is 0 Å². The lowest BCUT2D eigenvalue weighted by atomic mass is 10.1. The van der Waals surface area contributed by atoms with Gasteiger partial charge >= 0.3 is 0 Å². The number of ketones is 1. The summed E-state index contributed by atoms with van der Waals surface area (Å²) in [6.45, 7) is 1.93. The minimum atomic E-state index is -0.331. The zero-order valence-corrected chi connectivity index (χ0v) is 9.94. The second-order valence-corrected chi connectivity index (χ2v) is 4.11. The molecule has 0 aliphatic rings. The van der Waals surface area contributed by atoms with Crippen molar-refractivity contribution >= 4 is 17.4 Å². The molecule has 1 aromatic heterocycles. The van der Waals surface area contributed by atoms with Gasteiger partial charge < -0.3 is 5.21 Å². The third-order valence-electron chi connectivity index (χ3n) is 2.45. The summed E-state index contributed by atoms with van der Waals surface area (Å²) in [4.78, 5) is 12.1. The molecule has 86 valence electrons. The summed E-state index contributed by atoms with van der Waals surface area (Å²) in [6.07, 6.45) is 0. The van der Waals surface area contributed by atoms with E-state index in [1.54, 1.807) is 18.2 Å². The summed E-state index contributed by atoms with van der Waals surface area (Å²) >= 11 is 5.67. The molecule has 0 unspecified atom stereocenters. The predicted molar refractivity (Wildman–Crippen MR) is 65.0 cm³/mol. The van der Waals surface area contributed by atoms with Gasteiger partial charge in [-0.05, 0) is 24.6 Å². The number of benzene rings is 1. The number of hydrogen-bond donors (Lipinski definition) is 0. The summed E-state index contributed by atoms with van der Waals surface area (Å²) in [7, 11) is 0. The van der Waals surface area contributed by atoms with Crippen LogP contribution in [0.3, 0.4) is 0 Å². The van der Waals surface area contributed by atoms with E-state index in [4.69, 9.17) is 11.6 Å². The SMILES string of the molecule is Cc1ccc(C(=O)c2cccc(Cl)[n+]2[O-])cc1. The van der Waals surface area contributed by atoms with Crippen LogP contribution in [0.25, 0.3) is 0 Å². The molecule has 0 N–H and O–H groups in total. The molecule has 0 radical (unpaired) electrons. The van der Waals surface area contributed by atoms with Crippen LogP contribution >= 0.6 is 11.6 Å². The van der Waals surface area contributed by atoms with Crippen molar-refractivity contribution in [1.29, 1.82) is 0 Å². The van der Waals surface area contributed by atoms with Crippen LogP contribution in [0.1, 0.15) is 21.6 Å². The molecule has 0 spiro atoms. The second kappa shape index (κ2) is 4.55. The Kier molecular flexibility index (Phi) is 3.11. The van der Waals surface area contributed by atoms with Gasteiger partial charge in [0, 0.05) is 17.7 Å². The van der Waals surface area contributed by atoms with Gasteiger partial charge in [0.1, 0.15) is 0 Å². The van der Waals surface area contributed by atoms with Crippen molar-refractivity contribution in [3.8, 4) is 0 Å². The molecule has 0 aliphatic carbocycles. The number of halogens is 1. The number of aromatic nitrogens is 1. The van der Waals surface area contributed by atoms with E-state index < -0.39 is 0 Å². The molecule has 3 nitrogen and oxygen atoms in total. The van der Waals surface area contributed by atoms with E-state index >= 15 is 0 Å². The minimum Gasteiger partial charge on any atom is -0.617 e. The minimum absolute atomic E-state index is 0.0111. The van der Waals surface area contributed by atoms with E-state index in [0.29, 0.717) is 10.3 Å². The summed E-state index contributed by atoms with van der Waals surface area (Å²) in [5, 5.41) is 11.6. The van der Waals surface area contributed by atoms with Crippen LogP contribution in [0.15, 0.2) is 42.5 Å². The quantitative estimate of drug-likeness (QED) is 0.354. The van der Waals surface area contributed by atoms with Crippen molar-refractivity contribution in [3.05, 3.63) is 69.6 Å². The Morgan fingerprint density at radius 2 is 1.82 bits per heavy atom. The number of carbonyl (C=O) groups excluding carboxylic acids is 1. The lowest BCUT2D eigenvalue weighted by molar-refractivity contribution is -0.605. The molecule has 0 saturated carbocycles. The average molecular weight is 248 g/mol. The highest BCUT2D eigenvalue weighted by Gasteiger charge is 2.19. The van der Waals surface area contributed by atoms with Crippen LogP contribution in [0.4, 0.5) is 0 Å². The maximum atomic E-state index is 12.1. The Morgan fingerprint density at radius 1 is 1.18 bits per heavy atom. The van der Waals surface area contributed by atoms with E-state index in [1.807, 2.05) is 19.1 Å². The lowest BCUT2D eigenvalue weighted by Crippen LogP contribution is -2.35. The van der Waals surface area contributed by atoms with Crippen LogP contribution in [0.2, 0.25) is 5.15 Å². The van der Waals surface area contributed by atoms with Crippen molar-refractivity contribution < 1.29 is 9.52 Å². The molecule has 2 aromatic rings. The molecule has 2 rings (SSSR count). The van der Waals surface area contributed by atoms with Crippen LogP contribution in [-0.4, -0.2) is 5.78 Å². The van der Waals surface area contributed by atoms with E-state index in [-0.39, 0.29) is 16.6 Å². The Bertz CT molecular complexity index is 564. The van der Waals surface area contributed by atoms with Crippen molar-refractivity contribution in [3.63, 3.8) is 0 Å². The molecular weight excluding hydrogens is 238 g/mol. The first-order valence-corrected chi connectivity index (χ1v) is 5.47. The first-order chi connectivity index (χ1) is 8.09. The standard InChI is InChI=1S/C13H10ClNO2/c1-9-5-7-10(8-6-9)13(16)11-3-2-4-12(14)15(11)17/h2-8H,1H3. The van der Waals surface area contributed by atoms with Gasteiger partial charge in [0.2, 0.25) is 0 Å². The van der Waals surface area contributed by atoms with Gasteiger partial charge in [0.25, 0.3) is 16.6 Å². The summed E-state index contributed by atoms with van der Waals surface area (Å²) in [5.74, 6) is -0.331. The largest absolute Gasteiger partial charge is 0.617 e. The molecule has 0 aliphatic heterocycles. The number of rotatable bonds is 2. The van der Waals surface area contributed by atoms with E-state index in [0.717, 1.165) is 5.56 Å². The van der Waals surface area contributed by atoms with Gasteiger partial charge in [-0.3, -0.25) is 4.79 Å². The molecule has 0 atom stereocenters. The van der Waals surface area contributed by atoms with Gasteiger partial charge in [-0.1, -0.05) is 29.8 Å². The predicted octanol–water partition coefficient (Wildman–Crippen LogP) is 2.51. The lowest BCUT2D eigenvalue weighted by Gasteiger charge is -2.04. The van der Waals surface area contributed by atoms with Crippen molar-refractivity contribution in [2.75, 3.05) is 0 Å². The molecule has 1 heterocycles. The van der Waals surface area contributed by atoms with Crippen LogP contribution in [0.5, 0.6) is 0 Å². The van der Waals surface area contributed by atoms with Crippen LogP contribution in [-0.2, 0) is 0 Å². The number of nitrogens with zero attached hydrogens (tertiary/aromatic N) is 1. The first-order valence-electron chi connectivity index (χ1n) is 5.09. The number of carbonyl (C=O) groups is 1. The molecule has 4 heteroatoms. The van der Waals surface area contributed by atoms with E-state index in [2.05, 4.69) is 0 Å². The smallest absolute Gasteiger partial charge is 0.286 e. The zero-order valence-electron chi connectivity index (χ0n) is 9.18. The number of hydrogen-bond acceptors (Lipinski definition) is 2. The molecule has 1 aromatic carbocycles. The molecule has 0 amide bonds. The summed E-state index contributed by atoms with van der Waals surface area (Å²) in [6, 6.07) is 11.5. The zero-order chi connectivity index (χ0) is 12.4. The maximum Gasteiger partial charge on any atom is 0.286 e. The van der Waals surface area contributed by atoms with E-state index in [9.17, 15) is 10.0 Å². The molecular formula is C13H10ClNO2. The fraction of sp³-hybridized carbons (Fsp3) is 0.0769. The topological polar surface area (TPSA) is 44.0 Å². The van der Waals surface area contributed by atoms with Crippen molar-refractivity contribution in [1.82, 2.24) is 0 Å². The molecule has 0 bridgehead atoms. The summed E-state index contributed by atoms with van der Waals surface area (Å²) < 4.78 is 0.434. The first kappa shape index (κ1) is 11.6. The monoisotopic (exact) mass is 247 g/mol. The summed E-state index contributed by atoms with van der Waals surface area (Å²) in [5.41, 5.74) is 1.56.